The van der Waals surface area contributed by atoms with E-state index in [-0.39, 0.29) is 0 Å². The van der Waals surface area contributed by atoms with Crippen LogP contribution in [-0.4, -0.2) is 0 Å². The monoisotopic (exact) mass is 212 g/mol. The van der Waals surface area contributed by atoms with Gasteiger partial charge in [-0.2, -0.15) is 0 Å². The predicted octanol–water partition coefficient (Wildman–Crippen LogP) is 4.89. The van der Waals surface area contributed by atoms with E-state index in [4.69, 9.17) is 4.42 Å². The smallest absolute Gasteiger partial charge is 0.135 e. The van der Waals surface area contributed by atoms with Gasteiger partial charge in [0.15, 0.2) is 0 Å². The van der Waals surface area contributed by atoms with Gasteiger partial charge in [-0.15, -0.1) is 0 Å². The number of benzene rings is 1. The number of allylic oxidation sites excluding steroid dienone is 2. The summed E-state index contributed by atoms with van der Waals surface area (Å²) in [6, 6.07) is 8.14. The molecule has 0 saturated heterocycles. The molecule has 82 valence electrons. The van der Waals surface area contributed by atoms with E-state index in [1.165, 1.54) is 10.9 Å². The van der Waals surface area contributed by atoms with Gasteiger partial charge in [0.05, 0.1) is 0 Å². The van der Waals surface area contributed by atoms with E-state index in [9.17, 15) is 0 Å². The summed E-state index contributed by atoms with van der Waals surface area (Å²) in [6.07, 6.45) is 9.45. The molecule has 0 fully saturated rings. The number of hydrogen-bond acceptors (Lipinski definition) is 1. The van der Waals surface area contributed by atoms with Crippen molar-refractivity contribution in [2.24, 2.45) is 0 Å². The highest BCUT2D eigenvalue weighted by molar-refractivity contribution is 5.91. The molecule has 3 rings (SSSR count). The lowest BCUT2D eigenvalue weighted by atomic mass is 10.1. The molecule has 0 atom stereocenters. The molecule has 2 aromatic rings. The second kappa shape index (κ2) is 4.84. The van der Waals surface area contributed by atoms with Crippen LogP contribution in [0.4, 0.5) is 0 Å². The van der Waals surface area contributed by atoms with Gasteiger partial charge in [-0.1, -0.05) is 50.3 Å². The van der Waals surface area contributed by atoms with Crippen molar-refractivity contribution in [3.8, 4) is 0 Å². The number of furan rings is 1. The maximum Gasteiger partial charge on any atom is 0.135 e. The van der Waals surface area contributed by atoms with E-state index in [1.807, 2.05) is 32.0 Å². The Morgan fingerprint density at radius 3 is 2.62 bits per heavy atom. The van der Waals surface area contributed by atoms with Crippen LogP contribution in [0.2, 0.25) is 0 Å². The van der Waals surface area contributed by atoms with Crippen LogP contribution in [0.15, 0.2) is 40.8 Å². The number of rotatable bonds is 0. The maximum atomic E-state index is 5.73. The Balaban J connectivity index is 0.000000457. The zero-order valence-corrected chi connectivity index (χ0v) is 9.73. The van der Waals surface area contributed by atoms with Crippen LogP contribution in [0.5, 0.6) is 0 Å². The van der Waals surface area contributed by atoms with Crippen LogP contribution in [0.3, 0.4) is 0 Å². The Kier molecular flexibility index (Phi) is 3.25. The third-order valence-corrected chi connectivity index (χ3v) is 2.49. The average Bonchev–Trinajstić information content (AvgIpc) is 2.54. The molecule has 0 spiro atoms. The third kappa shape index (κ3) is 1.81. The average molecular weight is 212 g/mol. The van der Waals surface area contributed by atoms with Gasteiger partial charge in [0.25, 0.3) is 0 Å². The van der Waals surface area contributed by atoms with Gasteiger partial charge >= 0.3 is 0 Å². The van der Waals surface area contributed by atoms with Gasteiger partial charge in [-0.05, 0) is 18.6 Å². The van der Waals surface area contributed by atoms with Gasteiger partial charge in [0, 0.05) is 10.9 Å². The molecule has 0 saturated carbocycles. The van der Waals surface area contributed by atoms with Crippen molar-refractivity contribution < 1.29 is 4.42 Å². The predicted molar refractivity (Wildman–Crippen MR) is 70.2 cm³/mol. The molecule has 1 nitrogen and oxygen atoms in total. The normalized spacial score (nSPS) is 12.9. The summed E-state index contributed by atoms with van der Waals surface area (Å²) in [5, 5.41) is 1.20. The Labute approximate surface area is 96.1 Å². The van der Waals surface area contributed by atoms with Gasteiger partial charge in [-0.3, -0.25) is 0 Å². The largest absolute Gasteiger partial charge is 0.456 e. The van der Waals surface area contributed by atoms with Crippen molar-refractivity contribution in [1.29, 1.82) is 0 Å². The van der Waals surface area contributed by atoms with E-state index in [1.54, 1.807) is 0 Å². The molecule has 1 aliphatic carbocycles. The first-order valence-electron chi connectivity index (χ1n) is 5.80. The third-order valence-electron chi connectivity index (χ3n) is 2.49. The molecule has 1 aromatic heterocycles. The minimum absolute atomic E-state index is 0.966. The number of hydrogen-bond donors (Lipinski definition) is 0. The van der Waals surface area contributed by atoms with Crippen LogP contribution in [0, 0.1) is 0 Å². The molecule has 1 heterocycles. The Morgan fingerprint density at radius 1 is 1.00 bits per heavy atom. The Hall–Kier alpha value is -1.76. The van der Waals surface area contributed by atoms with Crippen molar-refractivity contribution in [1.82, 2.24) is 0 Å². The van der Waals surface area contributed by atoms with Crippen LogP contribution in [0.1, 0.15) is 31.6 Å². The van der Waals surface area contributed by atoms with E-state index in [2.05, 4.69) is 30.4 Å². The van der Waals surface area contributed by atoms with E-state index < -0.39 is 0 Å². The van der Waals surface area contributed by atoms with E-state index >= 15 is 0 Å². The first-order valence-corrected chi connectivity index (χ1v) is 5.80. The minimum Gasteiger partial charge on any atom is -0.456 e. The standard InChI is InChI=1S/C13H10O.C2H6/c1-2-6-10-11-7-4-5-9-13(11)14-12(10)8-3-1;1-2/h2-9H,1H2;1-2H3. The lowest BCUT2D eigenvalue weighted by molar-refractivity contribution is 0.603. The molecule has 0 amide bonds. The van der Waals surface area contributed by atoms with Gasteiger partial charge in [0.2, 0.25) is 0 Å². The molecular weight excluding hydrogens is 196 g/mol. The van der Waals surface area contributed by atoms with Crippen LogP contribution >= 0.6 is 0 Å². The van der Waals surface area contributed by atoms with Crippen LogP contribution in [-0.2, 0) is 0 Å². The van der Waals surface area contributed by atoms with Crippen molar-refractivity contribution >= 4 is 23.1 Å². The minimum atomic E-state index is 0.966. The highest BCUT2D eigenvalue weighted by atomic mass is 16.3. The van der Waals surface area contributed by atoms with Crippen molar-refractivity contribution in [2.45, 2.75) is 20.3 Å². The van der Waals surface area contributed by atoms with Gasteiger partial charge in [-0.25, -0.2) is 0 Å². The summed E-state index contributed by atoms with van der Waals surface area (Å²) in [5.74, 6) is 0.972. The number of para-hydroxylation sites is 1. The zero-order valence-electron chi connectivity index (χ0n) is 9.73. The molecule has 0 unspecified atom stereocenters. The molecule has 0 aliphatic heterocycles. The molecule has 0 bridgehead atoms. The topological polar surface area (TPSA) is 13.1 Å². The lowest BCUT2D eigenvalue weighted by Crippen LogP contribution is -1.70. The molecule has 16 heavy (non-hydrogen) atoms. The summed E-state index contributed by atoms with van der Waals surface area (Å²) in [5.41, 5.74) is 2.17. The molecule has 0 radical (unpaired) electrons. The first kappa shape index (κ1) is 10.7. The molecular formula is C15H16O. The Morgan fingerprint density at radius 2 is 1.75 bits per heavy atom. The highest BCUT2D eigenvalue weighted by Crippen LogP contribution is 2.29. The highest BCUT2D eigenvalue weighted by Gasteiger charge is 2.09. The van der Waals surface area contributed by atoms with Crippen molar-refractivity contribution in [3.63, 3.8) is 0 Å². The van der Waals surface area contributed by atoms with Crippen molar-refractivity contribution in [2.75, 3.05) is 0 Å². The zero-order chi connectivity index (χ0) is 11.4. The summed E-state index contributed by atoms with van der Waals surface area (Å²) in [7, 11) is 0. The van der Waals surface area contributed by atoms with Gasteiger partial charge in [0.1, 0.15) is 11.3 Å². The van der Waals surface area contributed by atoms with Crippen LogP contribution < -0.4 is 0 Å². The summed E-state index contributed by atoms with van der Waals surface area (Å²) < 4.78 is 5.73. The quantitative estimate of drug-likeness (QED) is 0.606. The van der Waals surface area contributed by atoms with E-state index in [0.29, 0.717) is 0 Å². The van der Waals surface area contributed by atoms with Gasteiger partial charge < -0.3 is 4.42 Å². The lowest BCUT2D eigenvalue weighted by Gasteiger charge is -1.88. The fourth-order valence-electron chi connectivity index (χ4n) is 1.82. The second-order valence-corrected chi connectivity index (χ2v) is 3.42. The van der Waals surface area contributed by atoms with Crippen molar-refractivity contribution in [3.05, 3.63) is 47.7 Å². The van der Waals surface area contributed by atoms with Crippen LogP contribution in [0.25, 0.3) is 23.1 Å². The summed E-state index contributed by atoms with van der Waals surface area (Å²) in [6.45, 7) is 4.00. The maximum absolute atomic E-state index is 5.73. The fourth-order valence-corrected chi connectivity index (χ4v) is 1.82. The fraction of sp³-hybridized carbons (Fsp3) is 0.200. The SMILES string of the molecule is C1=Cc2oc3ccccc3c2C=CC1.CC. The first-order chi connectivity index (χ1) is 7.95. The summed E-state index contributed by atoms with van der Waals surface area (Å²) >= 11 is 0. The molecule has 1 aromatic carbocycles. The van der Waals surface area contributed by atoms with E-state index in [0.717, 1.165) is 17.8 Å². The molecule has 0 N–H and O–H groups in total. The summed E-state index contributed by atoms with van der Waals surface area (Å²) in [4.78, 5) is 0. The molecule has 1 aliphatic rings. The second-order valence-electron chi connectivity index (χ2n) is 3.42. The molecule has 1 heteroatoms. The number of fused-ring (bicyclic) bond motifs is 3. The Bertz CT molecular complexity index is 529.